The van der Waals surface area contributed by atoms with Gasteiger partial charge in [0.05, 0.1) is 11.6 Å². The number of hydrogen-bond acceptors (Lipinski definition) is 2. The Morgan fingerprint density at radius 3 is 2.71 bits per heavy atom. The number of ether oxygens (including phenoxy) is 1. The van der Waals surface area contributed by atoms with Crippen LogP contribution in [-0.2, 0) is 6.54 Å². The van der Waals surface area contributed by atoms with E-state index in [1.165, 1.54) is 0 Å². The van der Waals surface area contributed by atoms with Crippen molar-refractivity contribution < 1.29 is 4.74 Å². The lowest BCUT2D eigenvalue weighted by molar-refractivity contribution is 0.271. The Kier molecular flexibility index (Phi) is 5.95. The second-order valence-corrected chi connectivity index (χ2v) is 6.60. The van der Waals surface area contributed by atoms with Crippen LogP contribution >= 0.6 is 27.5 Å². The maximum atomic E-state index is 6.10. The first kappa shape index (κ1) is 16.2. The number of halogens is 2. The van der Waals surface area contributed by atoms with Gasteiger partial charge in [0.15, 0.2) is 0 Å². The van der Waals surface area contributed by atoms with E-state index in [4.69, 9.17) is 16.3 Å². The average molecular weight is 369 g/mol. The van der Waals surface area contributed by atoms with Crippen LogP contribution in [0.25, 0.3) is 0 Å². The first-order chi connectivity index (χ1) is 10.0. The van der Waals surface area contributed by atoms with Gasteiger partial charge in [-0.15, -0.1) is 0 Å². The van der Waals surface area contributed by atoms with E-state index in [0.29, 0.717) is 5.92 Å². The summed E-state index contributed by atoms with van der Waals surface area (Å²) in [6.07, 6.45) is 0. The number of rotatable bonds is 6. The summed E-state index contributed by atoms with van der Waals surface area (Å²) in [5.74, 6) is 1.41. The highest BCUT2D eigenvalue weighted by molar-refractivity contribution is 9.10. The van der Waals surface area contributed by atoms with Gasteiger partial charge in [0.1, 0.15) is 5.75 Å². The monoisotopic (exact) mass is 367 g/mol. The third-order valence-electron chi connectivity index (χ3n) is 2.90. The fourth-order valence-electron chi connectivity index (χ4n) is 1.81. The van der Waals surface area contributed by atoms with Gasteiger partial charge < -0.3 is 10.1 Å². The normalized spacial score (nSPS) is 10.7. The minimum atomic E-state index is 0.520. The van der Waals surface area contributed by atoms with Crippen molar-refractivity contribution in [2.75, 3.05) is 11.9 Å². The van der Waals surface area contributed by atoms with Crippen LogP contribution in [0.5, 0.6) is 5.75 Å². The van der Waals surface area contributed by atoms with E-state index in [-0.39, 0.29) is 0 Å². The summed E-state index contributed by atoms with van der Waals surface area (Å²) in [4.78, 5) is 0. The van der Waals surface area contributed by atoms with Gasteiger partial charge in [0.2, 0.25) is 0 Å². The Morgan fingerprint density at radius 1 is 1.19 bits per heavy atom. The molecule has 0 atom stereocenters. The summed E-state index contributed by atoms with van der Waals surface area (Å²) in [6.45, 7) is 5.73. The molecule has 112 valence electrons. The van der Waals surface area contributed by atoms with Gasteiger partial charge in [0.25, 0.3) is 0 Å². The molecule has 0 aliphatic rings. The van der Waals surface area contributed by atoms with Crippen LogP contribution in [0.1, 0.15) is 19.4 Å². The molecule has 0 radical (unpaired) electrons. The van der Waals surface area contributed by atoms with Crippen molar-refractivity contribution in [1.29, 1.82) is 0 Å². The molecule has 4 heteroatoms. The second-order valence-electron chi connectivity index (χ2n) is 5.33. The Bertz CT molecular complexity index is 601. The van der Waals surface area contributed by atoms with Crippen molar-refractivity contribution in [3.8, 4) is 5.75 Å². The van der Waals surface area contributed by atoms with Crippen molar-refractivity contribution >= 4 is 33.2 Å². The first-order valence-corrected chi connectivity index (χ1v) is 8.12. The number of anilines is 1. The zero-order chi connectivity index (χ0) is 15.2. The van der Waals surface area contributed by atoms with Crippen molar-refractivity contribution in [1.82, 2.24) is 0 Å². The van der Waals surface area contributed by atoms with Crippen molar-refractivity contribution in [3.05, 3.63) is 57.5 Å². The Morgan fingerprint density at radius 2 is 2.00 bits per heavy atom. The summed E-state index contributed by atoms with van der Waals surface area (Å²) >= 11 is 9.49. The fraction of sp³-hybridized carbons (Fsp3) is 0.294. The fourth-order valence-corrected chi connectivity index (χ4v) is 2.26. The van der Waals surface area contributed by atoms with Crippen molar-refractivity contribution in [2.45, 2.75) is 20.4 Å². The van der Waals surface area contributed by atoms with Crippen molar-refractivity contribution in [2.24, 2.45) is 5.92 Å². The zero-order valence-corrected chi connectivity index (χ0v) is 14.5. The minimum absolute atomic E-state index is 0.520. The number of hydrogen-bond donors (Lipinski definition) is 1. The average Bonchev–Trinajstić information content (AvgIpc) is 2.47. The van der Waals surface area contributed by atoms with E-state index in [9.17, 15) is 0 Å². The van der Waals surface area contributed by atoms with Gasteiger partial charge >= 0.3 is 0 Å². The number of benzene rings is 2. The van der Waals surface area contributed by atoms with E-state index >= 15 is 0 Å². The third kappa shape index (κ3) is 5.25. The van der Waals surface area contributed by atoms with Crippen LogP contribution in [0.2, 0.25) is 5.02 Å². The SMILES string of the molecule is CC(C)COc1cccc(NCc2ccc(Br)c(Cl)c2)c1. The van der Waals surface area contributed by atoms with Crippen LogP contribution < -0.4 is 10.1 Å². The second kappa shape index (κ2) is 7.71. The summed E-state index contributed by atoms with van der Waals surface area (Å²) < 4.78 is 6.64. The largest absolute Gasteiger partial charge is 0.493 e. The predicted molar refractivity (Wildman–Crippen MR) is 93.3 cm³/mol. The number of nitrogens with one attached hydrogen (secondary N) is 1. The molecule has 0 aliphatic heterocycles. The molecule has 0 spiro atoms. The lowest BCUT2D eigenvalue weighted by Gasteiger charge is -2.11. The van der Waals surface area contributed by atoms with Gasteiger partial charge in [-0.05, 0) is 51.7 Å². The maximum absolute atomic E-state index is 6.10. The molecule has 2 aromatic carbocycles. The van der Waals surface area contributed by atoms with E-state index in [1.54, 1.807) is 0 Å². The topological polar surface area (TPSA) is 21.3 Å². The summed E-state index contributed by atoms with van der Waals surface area (Å²) in [7, 11) is 0. The quantitative estimate of drug-likeness (QED) is 0.701. The third-order valence-corrected chi connectivity index (χ3v) is 4.13. The van der Waals surface area contributed by atoms with Gasteiger partial charge in [-0.2, -0.15) is 0 Å². The van der Waals surface area contributed by atoms with Crippen molar-refractivity contribution in [3.63, 3.8) is 0 Å². The smallest absolute Gasteiger partial charge is 0.121 e. The van der Waals surface area contributed by atoms with E-state index in [0.717, 1.165) is 39.6 Å². The highest BCUT2D eigenvalue weighted by Gasteiger charge is 2.01. The molecule has 1 N–H and O–H groups in total. The molecule has 0 aromatic heterocycles. The van der Waals surface area contributed by atoms with E-state index < -0.39 is 0 Å². The molecule has 0 bridgehead atoms. The summed E-state index contributed by atoms with van der Waals surface area (Å²) in [5, 5.41) is 4.11. The molecule has 0 fully saturated rings. The standard InChI is InChI=1S/C17H19BrClNO/c1-12(2)11-21-15-5-3-4-14(9-15)20-10-13-6-7-16(18)17(19)8-13/h3-9,12,20H,10-11H2,1-2H3. The van der Waals surface area contributed by atoms with Crippen LogP contribution in [-0.4, -0.2) is 6.61 Å². The first-order valence-electron chi connectivity index (χ1n) is 6.95. The molecule has 0 aliphatic carbocycles. The lowest BCUT2D eigenvalue weighted by atomic mass is 10.2. The molecule has 2 aromatic rings. The molecular formula is C17H19BrClNO. The van der Waals surface area contributed by atoms with Crippen LogP contribution in [0.3, 0.4) is 0 Å². The van der Waals surface area contributed by atoms with Gasteiger partial charge in [-0.1, -0.05) is 37.6 Å². The predicted octanol–water partition coefficient (Wildman–Crippen LogP) is 5.75. The highest BCUT2D eigenvalue weighted by atomic mass is 79.9. The zero-order valence-electron chi connectivity index (χ0n) is 12.2. The molecule has 0 saturated heterocycles. The van der Waals surface area contributed by atoms with Gasteiger partial charge in [-0.25, -0.2) is 0 Å². The lowest BCUT2D eigenvalue weighted by Crippen LogP contribution is -2.05. The molecule has 0 amide bonds. The van der Waals surface area contributed by atoms with Gasteiger partial charge in [-0.3, -0.25) is 0 Å². The molecule has 0 saturated carbocycles. The van der Waals surface area contributed by atoms with E-state index in [1.807, 2.05) is 42.5 Å². The van der Waals surface area contributed by atoms with Crippen LogP contribution in [0, 0.1) is 5.92 Å². The Labute approximate surface area is 139 Å². The van der Waals surface area contributed by atoms with Crippen LogP contribution in [0.4, 0.5) is 5.69 Å². The molecule has 0 unspecified atom stereocenters. The molecular weight excluding hydrogens is 350 g/mol. The highest BCUT2D eigenvalue weighted by Crippen LogP contribution is 2.24. The summed E-state index contributed by atoms with van der Waals surface area (Å²) in [5.41, 5.74) is 2.17. The minimum Gasteiger partial charge on any atom is -0.493 e. The van der Waals surface area contributed by atoms with Crippen LogP contribution in [0.15, 0.2) is 46.9 Å². The molecule has 21 heavy (non-hydrogen) atoms. The van der Waals surface area contributed by atoms with E-state index in [2.05, 4.69) is 35.1 Å². The molecule has 0 heterocycles. The Hall–Kier alpha value is -1.19. The Balaban J connectivity index is 1.96. The maximum Gasteiger partial charge on any atom is 0.121 e. The summed E-state index contributed by atoms with van der Waals surface area (Å²) in [6, 6.07) is 14.0. The van der Waals surface area contributed by atoms with Gasteiger partial charge in [0, 0.05) is 22.8 Å². The molecule has 2 nitrogen and oxygen atoms in total. The molecule has 2 rings (SSSR count).